The monoisotopic (exact) mass is 381 g/mol. The third kappa shape index (κ3) is 3.82. The van der Waals surface area contributed by atoms with Crippen LogP contribution in [0, 0.1) is 6.92 Å². The summed E-state index contributed by atoms with van der Waals surface area (Å²) in [6.07, 6.45) is -0.305. The van der Waals surface area contributed by atoms with Crippen molar-refractivity contribution in [3.8, 4) is 5.75 Å². The molecule has 1 unspecified atom stereocenters. The first-order valence-corrected chi connectivity index (χ1v) is 9.75. The van der Waals surface area contributed by atoms with Gasteiger partial charge >= 0.3 is 0 Å². The Labute approximate surface area is 153 Å². The van der Waals surface area contributed by atoms with Crippen molar-refractivity contribution in [2.24, 2.45) is 0 Å². The highest BCUT2D eigenvalue weighted by Gasteiger charge is 2.31. The van der Waals surface area contributed by atoms with Gasteiger partial charge in [0, 0.05) is 18.1 Å². The second-order valence-corrected chi connectivity index (χ2v) is 8.28. The lowest BCUT2D eigenvalue weighted by Gasteiger charge is -2.32. The Morgan fingerprint density at radius 2 is 1.92 bits per heavy atom. The van der Waals surface area contributed by atoms with E-state index < -0.39 is 10.0 Å². The Bertz CT molecular complexity index is 852. The zero-order chi connectivity index (χ0) is 18.0. The van der Waals surface area contributed by atoms with Gasteiger partial charge < -0.3 is 9.47 Å². The molecule has 0 aliphatic carbocycles. The number of benzene rings is 2. The molecule has 1 aliphatic heterocycles. The third-order valence-corrected chi connectivity index (χ3v) is 6.39. The van der Waals surface area contributed by atoms with Gasteiger partial charge in [0.05, 0.1) is 24.7 Å². The summed E-state index contributed by atoms with van der Waals surface area (Å²) in [7, 11) is -2.02. The number of methoxy groups -OCH3 is 1. The summed E-state index contributed by atoms with van der Waals surface area (Å²) in [5.41, 5.74) is 1.70. The maximum absolute atomic E-state index is 13.0. The molecule has 5 nitrogen and oxygen atoms in total. The minimum Gasteiger partial charge on any atom is -0.496 e. The van der Waals surface area contributed by atoms with Crippen molar-refractivity contribution in [1.82, 2.24) is 4.31 Å². The lowest BCUT2D eigenvalue weighted by Crippen LogP contribution is -2.42. The molecular weight excluding hydrogens is 362 g/mol. The molecule has 1 heterocycles. The predicted molar refractivity (Wildman–Crippen MR) is 96.6 cm³/mol. The molecule has 7 heteroatoms. The smallest absolute Gasteiger partial charge is 0.243 e. The molecule has 134 valence electrons. The molecule has 0 saturated carbocycles. The number of nitrogens with zero attached hydrogens (tertiary/aromatic N) is 1. The Morgan fingerprint density at radius 3 is 2.56 bits per heavy atom. The van der Waals surface area contributed by atoms with Crippen molar-refractivity contribution in [2.45, 2.75) is 17.9 Å². The molecule has 0 aromatic heterocycles. The highest BCUT2D eigenvalue weighted by atomic mass is 35.5. The Hall–Kier alpha value is -1.60. The van der Waals surface area contributed by atoms with Gasteiger partial charge in [-0.3, -0.25) is 0 Å². The van der Waals surface area contributed by atoms with Crippen molar-refractivity contribution < 1.29 is 17.9 Å². The van der Waals surface area contributed by atoms with Gasteiger partial charge in [-0.1, -0.05) is 23.7 Å². The Kier molecular flexibility index (Phi) is 5.34. The number of rotatable bonds is 4. The normalized spacial score (nSPS) is 18.9. The molecule has 3 rings (SSSR count). The number of aryl methyl sites for hydroxylation is 1. The number of halogens is 1. The highest BCUT2D eigenvalue weighted by Crippen LogP contribution is 2.29. The molecule has 2 aromatic rings. The van der Waals surface area contributed by atoms with E-state index in [0.717, 1.165) is 11.1 Å². The fourth-order valence-corrected chi connectivity index (χ4v) is 4.52. The van der Waals surface area contributed by atoms with Gasteiger partial charge in [0.1, 0.15) is 5.75 Å². The van der Waals surface area contributed by atoms with Crippen LogP contribution in [0.5, 0.6) is 5.75 Å². The van der Waals surface area contributed by atoms with Crippen molar-refractivity contribution in [2.75, 3.05) is 26.8 Å². The van der Waals surface area contributed by atoms with Crippen molar-refractivity contribution >= 4 is 21.6 Å². The number of morpholine rings is 1. The largest absolute Gasteiger partial charge is 0.496 e. The van der Waals surface area contributed by atoms with Crippen LogP contribution in [0.1, 0.15) is 17.2 Å². The molecule has 0 radical (unpaired) electrons. The maximum atomic E-state index is 13.0. The van der Waals surface area contributed by atoms with Crippen LogP contribution in [0.2, 0.25) is 5.02 Å². The fraction of sp³-hybridized carbons (Fsp3) is 0.333. The van der Waals surface area contributed by atoms with E-state index in [1.807, 2.05) is 19.1 Å². The second-order valence-electron chi connectivity index (χ2n) is 5.91. The Balaban J connectivity index is 1.84. The van der Waals surface area contributed by atoms with Crippen LogP contribution < -0.4 is 4.74 Å². The third-order valence-electron chi connectivity index (χ3n) is 4.28. The van der Waals surface area contributed by atoms with Crippen LogP contribution in [-0.4, -0.2) is 39.5 Å². The molecule has 1 fully saturated rings. The minimum absolute atomic E-state index is 0.266. The number of ether oxygens (including phenoxy) is 2. The first-order valence-electron chi connectivity index (χ1n) is 7.93. The summed E-state index contributed by atoms with van der Waals surface area (Å²) < 4.78 is 38.4. The summed E-state index contributed by atoms with van der Waals surface area (Å²) in [5, 5.41) is 0.637. The molecule has 0 bridgehead atoms. The van der Waals surface area contributed by atoms with Crippen LogP contribution in [-0.2, 0) is 14.8 Å². The Morgan fingerprint density at radius 1 is 1.20 bits per heavy atom. The van der Waals surface area contributed by atoms with E-state index in [2.05, 4.69) is 0 Å². The fourth-order valence-electron chi connectivity index (χ4n) is 2.88. The van der Waals surface area contributed by atoms with Crippen LogP contribution in [0.3, 0.4) is 0 Å². The van der Waals surface area contributed by atoms with Crippen molar-refractivity contribution in [3.63, 3.8) is 0 Å². The average molecular weight is 382 g/mol. The van der Waals surface area contributed by atoms with E-state index >= 15 is 0 Å². The topological polar surface area (TPSA) is 55.8 Å². The highest BCUT2D eigenvalue weighted by molar-refractivity contribution is 7.89. The molecule has 1 saturated heterocycles. The maximum Gasteiger partial charge on any atom is 0.243 e. The minimum atomic E-state index is -3.59. The predicted octanol–water partition coefficient (Wildman–Crippen LogP) is 3.42. The SMILES string of the molecule is COc1ccc(S(=O)(=O)N2CCOC(c3ccc(Cl)cc3)C2)cc1C. The van der Waals surface area contributed by atoms with E-state index in [4.69, 9.17) is 21.1 Å². The van der Waals surface area contributed by atoms with Crippen molar-refractivity contribution in [3.05, 3.63) is 58.6 Å². The van der Waals surface area contributed by atoms with Gasteiger partial charge in [0.15, 0.2) is 0 Å². The van der Waals surface area contributed by atoms with E-state index in [9.17, 15) is 8.42 Å². The molecular formula is C18H20ClNO4S. The molecule has 1 aliphatic rings. The lowest BCUT2D eigenvalue weighted by molar-refractivity contribution is -0.00255. The van der Waals surface area contributed by atoms with Gasteiger partial charge in [-0.2, -0.15) is 4.31 Å². The molecule has 25 heavy (non-hydrogen) atoms. The first-order chi connectivity index (χ1) is 11.9. The molecule has 0 amide bonds. The average Bonchev–Trinajstić information content (AvgIpc) is 2.62. The van der Waals surface area contributed by atoms with Gasteiger partial charge in [0.25, 0.3) is 0 Å². The van der Waals surface area contributed by atoms with Crippen LogP contribution >= 0.6 is 11.6 Å². The standard InChI is InChI=1S/C18H20ClNO4S/c1-13-11-16(7-8-17(13)23-2)25(21,22)20-9-10-24-18(12-20)14-3-5-15(19)6-4-14/h3-8,11,18H,9-10,12H2,1-2H3. The van der Waals surface area contributed by atoms with E-state index in [-0.39, 0.29) is 17.5 Å². The van der Waals surface area contributed by atoms with Crippen LogP contribution in [0.15, 0.2) is 47.4 Å². The van der Waals surface area contributed by atoms with Gasteiger partial charge in [-0.05, 0) is 48.4 Å². The van der Waals surface area contributed by atoms with Crippen LogP contribution in [0.25, 0.3) is 0 Å². The first kappa shape index (κ1) is 18.2. The van der Waals surface area contributed by atoms with Gasteiger partial charge in [-0.15, -0.1) is 0 Å². The van der Waals surface area contributed by atoms with Crippen molar-refractivity contribution in [1.29, 1.82) is 0 Å². The summed E-state index contributed by atoms with van der Waals surface area (Å²) >= 11 is 5.91. The number of sulfonamides is 1. The van der Waals surface area contributed by atoms with E-state index in [0.29, 0.717) is 23.9 Å². The number of hydrogen-bond donors (Lipinski definition) is 0. The molecule has 2 aromatic carbocycles. The zero-order valence-corrected chi connectivity index (χ0v) is 15.7. The quantitative estimate of drug-likeness (QED) is 0.814. The summed E-state index contributed by atoms with van der Waals surface area (Å²) in [4.78, 5) is 0.266. The number of hydrogen-bond acceptors (Lipinski definition) is 4. The lowest BCUT2D eigenvalue weighted by atomic mass is 10.1. The van der Waals surface area contributed by atoms with Gasteiger partial charge in [0.2, 0.25) is 10.0 Å². The second kappa shape index (κ2) is 7.33. The summed E-state index contributed by atoms with van der Waals surface area (Å²) in [6.45, 7) is 2.78. The van der Waals surface area contributed by atoms with Gasteiger partial charge in [-0.25, -0.2) is 8.42 Å². The zero-order valence-electron chi connectivity index (χ0n) is 14.1. The molecule has 0 N–H and O–H groups in total. The molecule has 1 atom stereocenters. The summed E-state index contributed by atoms with van der Waals surface area (Å²) in [6, 6.07) is 12.2. The summed E-state index contributed by atoms with van der Waals surface area (Å²) in [5.74, 6) is 0.667. The van der Waals surface area contributed by atoms with Crippen LogP contribution in [0.4, 0.5) is 0 Å². The van der Waals surface area contributed by atoms with E-state index in [1.54, 1.807) is 37.4 Å². The van der Waals surface area contributed by atoms with E-state index in [1.165, 1.54) is 4.31 Å². The molecule has 0 spiro atoms.